The monoisotopic (exact) mass is 404 g/mol. The SMILES string of the molecule is Cc1cc(-c2cccc(C(=O)O)c2)nc(C2CCN(S(=O)(=O)N(C)C)CC2)n1. The molecule has 1 aromatic heterocycles. The van der Waals surface area contributed by atoms with Crippen molar-refractivity contribution >= 4 is 16.2 Å². The van der Waals surface area contributed by atoms with Crippen molar-refractivity contribution in [1.29, 1.82) is 0 Å². The lowest BCUT2D eigenvalue weighted by Gasteiger charge is -2.32. The highest BCUT2D eigenvalue weighted by atomic mass is 32.2. The standard InChI is InChI=1S/C19H24N4O4S/c1-13-11-17(15-5-4-6-16(12-15)19(24)25)21-18(20-13)14-7-9-23(10-8-14)28(26,27)22(2)3/h4-6,11-12,14H,7-10H2,1-3H3,(H,24,25). The first-order chi connectivity index (χ1) is 13.2. The largest absolute Gasteiger partial charge is 0.478 e. The highest BCUT2D eigenvalue weighted by Crippen LogP contribution is 2.29. The maximum atomic E-state index is 12.3. The Morgan fingerprint density at radius 2 is 1.86 bits per heavy atom. The van der Waals surface area contributed by atoms with Crippen LogP contribution >= 0.6 is 0 Å². The molecule has 1 aromatic carbocycles. The summed E-state index contributed by atoms with van der Waals surface area (Å²) in [6.07, 6.45) is 1.29. The molecule has 0 atom stereocenters. The van der Waals surface area contributed by atoms with Gasteiger partial charge in [0.2, 0.25) is 0 Å². The van der Waals surface area contributed by atoms with E-state index in [2.05, 4.69) is 9.97 Å². The minimum atomic E-state index is -3.41. The minimum absolute atomic E-state index is 0.0647. The number of benzene rings is 1. The second kappa shape index (κ2) is 7.94. The van der Waals surface area contributed by atoms with Gasteiger partial charge in [-0.25, -0.2) is 14.8 Å². The predicted octanol–water partition coefficient (Wildman–Crippen LogP) is 2.14. The molecule has 1 aliphatic rings. The molecule has 9 heteroatoms. The third-order valence-electron chi connectivity index (χ3n) is 4.88. The zero-order valence-electron chi connectivity index (χ0n) is 16.2. The average molecular weight is 404 g/mol. The molecular weight excluding hydrogens is 380 g/mol. The number of aromatic carboxylic acids is 1. The number of aromatic nitrogens is 2. The number of rotatable bonds is 5. The van der Waals surface area contributed by atoms with Crippen molar-refractivity contribution in [2.75, 3.05) is 27.2 Å². The molecule has 0 radical (unpaired) electrons. The summed E-state index contributed by atoms with van der Waals surface area (Å²) in [4.78, 5) is 20.5. The van der Waals surface area contributed by atoms with Crippen molar-refractivity contribution < 1.29 is 18.3 Å². The Balaban J connectivity index is 1.83. The summed E-state index contributed by atoms with van der Waals surface area (Å²) in [5, 5.41) is 9.21. The summed E-state index contributed by atoms with van der Waals surface area (Å²) in [5.74, 6) is -0.241. The van der Waals surface area contributed by atoms with Crippen LogP contribution in [0, 0.1) is 6.92 Å². The van der Waals surface area contributed by atoms with Crippen molar-refractivity contribution in [1.82, 2.24) is 18.6 Å². The molecule has 0 bridgehead atoms. The van der Waals surface area contributed by atoms with E-state index in [-0.39, 0.29) is 11.5 Å². The molecule has 0 unspecified atom stereocenters. The van der Waals surface area contributed by atoms with Gasteiger partial charge in [-0.1, -0.05) is 12.1 Å². The smallest absolute Gasteiger partial charge is 0.335 e. The zero-order chi connectivity index (χ0) is 20.5. The number of carboxylic acids is 1. The van der Waals surface area contributed by atoms with E-state index in [9.17, 15) is 18.3 Å². The lowest BCUT2D eigenvalue weighted by molar-refractivity contribution is 0.0697. The fraction of sp³-hybridized carbons (Fsp3) is 0.421. The van der Waals surface area contributed by atoms with Crippen molar-refractivity contribution in [3.05, 3.63) is 47.4 Å². The molecule has 1 fully saturated rings. The van der Waals surface area contributed by atoms with Crippen LogP contribution in [0.15, 0.2) is 30.3 Å². The van der Waals surface area contributed by atoms with Crippen LogP contribution in [0.2, 0.25) is 0 Å². The molecule has 1 aliphatic heterocycles. The van der Waals surface area contributed by atoms with Crippen LogP contribution in [0.3, 0.4) is 0 Å². The Hall–Kier alpha value is -2.36. The van der Waals surface area contributed by atoms with E-state index >= 15 is 0 Å². The lowest BCUT2D eigenvalue weighted by atomic mass is 9.96. The molecule has 1 N–H and O–H groups in total. The van der Waals surface area contributed by atoms with E-state index < -0.39 is 16.2 Å². The Bertz CT molecular complexity index is 983. The summed E-state index contributed by atoms with van der Waals surface area (Å²) in [6, 6.07) is 8.49. The first-order valence-electron chi connectivity index (χ1n) is 9.05. The van der Waals surface area contributed by atoms with E-state index in [1.807, 2.05) is 19.1 Å². The van der Waals surface area contributed by atoms with Crippen LogP contribution in [0.4, 0.5) is 0 Å². The second-order valence-corrected chi connectivity index (χ2v) is 9.24. The quantitative estimate of drug-likeness (QED) is 0.819. The van der Waals surface area contributed by atoms with Gasteiger partial charge in [-0.2, -0.15) is 17.0 Å². The van der Waals surface area contributed by atoms with E-state index in [4.69, 9.17) is 0 Å². The molecule has 1 saturated heterocycles. The number of piperidine rings is 1. The van der Waals surface area contributed by atoms with E-state index in [0.717, 1.165) is 11.3 Å². The summed E-state index contributed by atoms with van der Waals surface area (Å²) in [5.41, 5.74) is 2.40. The van der Waals surface area contributed by atoms with Gasteiger partial charge in [0.1, 0.15) is 5.82 Å². The van der Waals surface area contributed by atoms with Crippen LogP contribution in [-0.4, -0.2) is 65.3 Å². The highest BCUT2D eigenvalue weighted by Gasteiger charge is 2.31. The number of hydrogen-bond donors (Lipinski definition) is 1. The summed E-state index contributed by atoms with van der Waals surface area (Å²) < 4.78 is 27.3. The molecule has 28 heavy (non-hydrogen) atoms. The third kappa shape index (κ3) is 4.21. The van der Waals surface area contributed by atoms with Crippen LogP contribution in [0.25, 0.3) is 11.3 Å². The molecule has 0 aliphatic carbocycles. The molecule has 2 aromatic rings. The van der Waals surface area contributed by atoms with Gasteiger partial charge < -0.3 is 5.11 Å². The fourth-order valence-electron chi connectivity index (χ4n) is 3.31. The molecule has 3 rings (SSSR count). The summed E-state index contributed by atoms with van der Waals surface area (Å²) >= 11 is 0. The summed E-state index contributed by atoms with van der Waals surface area (Å²) in [7, 11) is -0.347. The van der Waals surface area contributed by atoms with Crippen molar-refractivity contribution in [2.24, 2.45) is 0 Å². The van der Waals surface area contributed by atoms with Gasteiger partial charge in [-0.05, 0) is 38.0 Å². The number of hydrogen-bond acceptors (Lipinski definition) is 5. The predicted molar refractivity (Wildman–Crippen MR) is 105 cm³/mol. The van der Waals surface area contributed by atoms with Crippen molar-refractivity contribution in [3.8, 4) is 11.3 Å². The molecule has 0 spiro atoms. The van der Waals surface area contributed by atoms with Crippen molar-refractivity contribution in [3.63, 3.8) is 0 Å². The Morgan fingerprint density at radius 1 is 1.18 bits per heavy atom. The fourth-order valence-corrected chi connectivity index (χ4v) is 4.44. The molecule has 0 amide bonds. The van der Waals surface area contributed by atoms with Crippen LogP contribution in [0.5, 0.6) is 0 Å². The van der Waals surface area contributed by atoms with Gasteiger partial charge in [0, 0.05) is 44.4 Å². The van der Waals surface area contributed by atoms with Gasteiger partial charge in [0.25, 0.3) is 10.2 Å². The van der Waals surface area contributed by atoms with E-state index in [1.165, 1.54) is 22.7 Å². The first-order valence-corrected chi connectivity index (χ1v) is 10.4. The Labute approximate surface area is 165 Å². The minimum Gasteiger partial charge on any atom is -0.478 e. The second-order valence-electron chi connectivity index (χ2n) is 7.10. The number of carboxylic acid groups (broad SMARTS) is 1. The molecular formula is C19H24N4O4S. The van der Waals surface area contributed by atoms with Crippen LogP contribution in [0.1, 0.15) is 40.6 Å². The average Bonchev–Trinajstić information content (AvgIpc) is 2.67. The van der Waals surface area contributed by atoms with Crippen molar-refractivity contribution in [2.45, 2.75) is 25.7 Å². The molecule has 2 heterocycles. The maximum absolute atomic E-state index is 12.3. The highest BCUT2D eigenvalue weighted by molar-refractivity contribution is 7.86. The van der Waals surface area contributed by atoms with Gasteiger partial charge >= 0.3 is 5.97 Å². The summed E-state index contributed by atoms with van der Waals surface area (Å²) in [6.45, 7) is 2.72. The number of aryl methyl sites for hydroxylation is 1. The van der Waals surface area contributed by atoms with Gasteiger partial charge in [-0.3, -0.25) is 0 Å². The molecule has 8 nitrogen and oxygen atoms in total. The van der Waals surface area contributed by atoms with E-state index in [0.29, 0.717) is 37.4 Å². The van der Waals surface area contributed by atoms with Crippen LogP contribution < -0.4 is 0 Å². The number of nitrogens with zero attached hydrogens (tertiary/aromatic N) is 4. The third-order valence-corrected chi connectivity index (χ3v) is 6.82. The first kappa shape index (κ1) is 20.4. The molecule has 0 saturated carbocycles. The topological polar surface area (TPSA) is 104 Å². The zero-order valence-corrected chi connectivity index (χ0v) is 17.0. The van der Waals surface area contributed by atoms with E-state index in [1.54, 1.807) is 18.2 Å². The Kier molecular flexibility index (Phi) is 5.78. The van der Waals surface area contributed by atoms with Gasteiger partial charge in [-0.15, -0.1) is 0 Å². The van der Waals surface area contributed by atoms with Crippen LogP contribution in [-0.2, 0) is 10.2 Å². The number of carbonyl (C=O) groups is 1. The lowest BCUT2D eigenvalue weighted by Crippen LogP contribution is -2.44. The van der Waals surface area contributed by atoms with Gasteiger partial charge in [0.15, 0.2) is 0 Å². The molecule has 150 valence electrons. The normalized spacial score (nSPS) is 16.4. The van der Waals surface area contributed by atoms with Gasteiger partial charge in [0.05, 0.1) is 11.3 Å². The maximum Gasteiger partial charge on any atom is 0.335 e. The Morgan fingerprint density at radius 3 is 2.46 bits per heavy atom.